The van der Waals surface area contributed by atoms with Crippen molar-refractivity contribution in [1.82, 2.24) is 5.32 Å². The third kappa shape index (κ3) is 3.07. The van der Waals surface area contributed by atoms with Crippen LogP contribution in [0.1, 0.15) is 29.6 Å². The second-order valence-corrected chi connectivity index (χ2v) is 7.39. The summed E-state index contributed by atoms with van der Waals surface area (Å²) in [7, 11) is -3.00. The third-order valence-electron chi connectivity index (χ3n) is 2.99. The summed E-state index contributed by atoms with van der Waals surface area (Å²) in [4.78, 5) is 11.7. The molecule has 2 rings (SSSR count). The molecule has 1 N–H and O–H groups in total. The lowest BCUT2D eigenvalue weighted by atomic mass is 10.2. The summed E-state index contributed by atoms with van der Waals surface area (Å²) < 4.78 is 23.5. The quantitative estimate of drug-likeness (QED) is 0.906. The summed E-state index contributed by atoms with van der Waals surface area (Å²) >= 11 is 1.45. The Morgan fingerprint density at radius 1 is 1.47 bits per heavy atom. The Kier molecular flexibility index (Phi) is 3.83. The van der Waals surface area contributed by atoms with E-state index in [2.05, 4.69) is 5.32 Å². The minimum atomic E-state index is -3.00. The Bertz CT molecular complexity index is 479. The van der Waals surface area contributed by atoms with Crippen molar-refractivity contribution < 1.29 is 13.2 Å². The van der Waals surface area contributed by atoms with E-state index in [1.54, 1.807) is 11.4 Å². The molecule has 94 valence electrons. The van der Waals surface area contributed by atoms with Crippen molar-refractivity contribution >= 4 is 27.1 Å². The van der Waals surface area contributed by atoms with Crippen LogP contribution in [0.25, 0.3) is 0 Å². The predicted molar refractivity (Wildman–Crippen MR) is 68.1 cm³/mol. The lowest BCUT2D eigenvalue weighted by molar-refractivity contribution is 0.0953. The highest BCUT2D eigenvalue weighted by molar-refractivity contribution is 7.92. The van der Waals surface area contributed by atoms with E-state index < -0.39 is 15.1 Å². The van der Waals surface area contributed by atoms with Crippen molar-refractivity contribution in [2.45, 2.75) is 24.5 Å². The Balaban J connectivity index is 1.92. The molecule has 4 nitrogen and oxygen atoms in total. The van der Waals surface area contributed by atoms with Crippen LogP contribution in [-0.4, -0.2) is 31.9 Å². The van der Waals surface area contributed by atoms with Gasteiger partial charge in [-0.1, -0.05) is 6.42 Å². The van der Waals surface area contributed by atoms with Crippen LogP contribution in [0, 0.1) is 0 Å². The highest BCUT2D eigenvalue weighted by Crippen LogP contribution is 2.18. The number of hydrogen-bond donors (Lipinski definition) is 1. The van der Waals surface area contributed by atoms with Gasteiger partial charge in [0.2, 0.25) is 0 Å². The number of rotatable bonds is 3. The summed E-state index contributed by atoms with van der Waals surface area (Å²) in [6, 6.07) is 1.73. The number of hydrogen-bond acceptors (Lipinski definition) is 4. The summed E-state index contributed by atoms with van der Waals surface area (Å²) in [5.41, 5.74) is 0.600. The van der Waals surface area contributed by atoms with Gasteiger partial charge >= 0.3 is 0 Å². The monoisotopic (exact) mass is 273 g/mol. The van der Waals surface area contributed by atoms with Crippen molar-refractivity contribution in [3.63, 3.8) is 0 Å². The number of thiophene rings is 1. The molecule has 1 unspecified atom stereocenters. The van der Waals surface area contributed by atoms with Gasteiger partial charge in [0.15, 0.2) is 9.84 Å². The van der Waals surface area contributed by atoms with Gasteiger partial charge in [-0.25, -0.2) is 8.42 Å². The predicted octanol–water partition coefficient (Wildman–Crippen LogP) is 1.45. The molecule has 1 atom stereocenters. The van der Waals surface area contributed by atoms with Gasteiger partial charge in [-0.05, 0) is 24.3 Å². The van der Waals surface area contributed by atoms with Gasteiger partial charge in [0, 0.05) is 17.5 Å². The minimum absolute atomic E-state index is 0.188. The Hall–Kier alpha value is -0.880. The lowest BCUT2D eigenvalue weighted by Crippen LogP contribution is -2.39. The average Bonchev–Trinajstić information content (AvgIpc) is 2.80. The molecule has 0 radical (unpaired) electrons. The molecular weight excluding hydrogens is 258 g/mol. The maximum atomic E-state index is 11.7. The summed E-state index contributed by atoms with van der Waals surface area (Å²) in [5, 5.41) is 5.88. The zero-order chi connectivity index (χ0) is 12.3. The number of carbonyl (C=O) groups excluding carboxylic acids is 1. The van der Waals surface area contributed by atoms with E-state index in [-0.39, 0.29) is 18.2 Å². The second kappa shape index (κ2) is 5.18. The fourth-order valence-electron chi connectivity index (χ4n) is 1.95. The summed E-state index contributed by atoms with van der Waals surface area (Å²) in [6.45, 7) is 0.233. The molecule has 0 bridgehead atoms. The molecule has 6 heteroatoms. The van der Waals surface area contributed by atoms with Gasteiger partial charge in [0.25, 0.3) is 5.91 Å². The van der Waals surface area contributed by atoms with Crippen LogP contribution in [0.5, 0.6) is 0 Å². The van der Waals surface area contributed by atoms with Gasteiger partial charge in [0.1, 0.15) is 0 Å². The number of nitrogens with one attached hydrogen (secondary N) is 1. The Morgan fingerprint density at radius 3 is 2.94 bits per heavy atom. The van der Waals surface area contributed by atoms with Crippen molar-refractivity contribution in [1.29, 1.82) is 0 Å². The number of carbonyl (C=O) groups is 1. The topological polar surface area (TPSA) is 63.2 Å². The maximum Gasteiger partial charge on any atom is 0.252 e. The van der Waals surface area contributed by atoms with Crippen LogP contribution >= 0.6 is 11.3 Å². The first-order valence-corrected chi connectivity index (χ1v) is 8.27. The normalized spacial score (nSPS) is 23.2. The number of sulfone groups is 1. The number of amides is 1. The van der Waals surface area contributed by atoms with Gasteiger partial charge in [-0.15, -0.1) is 0 Å². The zero-order valence-electron chi connectivity index (χ0n) is 9.39. The minimum Gasteiger partial charge on any atom is -0.351 e. The third-order valence-corrected chi connectivity index (χ3v) is 5.95. The summed E-state index contributed by atoms with van der Waals surface area (Å²) in [6.07, 6.45) is 2.34. The van der Waals surface area contributed by atoms with Crippen LogP contribution in [-0.2, 0) is 9.84 Å². The molecule has 1 fully saturated rings. The molecule has 1 amide bonds. The van der Waals surface area contributed by atoms with Crippen molar-refractivity contribution in [2.75, 3.05) is 12.3 Å². The summed E-state index contributed by atoms with van der Waals surface area (Å²) in [5.74, 6) is 0.0680. The van der Waals surface area contributed by atoms with Gasteiger partial charge in [0.05, 0.1) is 11.0 Å². The van der Waals surface area contributed by atoms with Crippen LogP contribution in [0.3, 0.4) is 0 Å². The molecular formula is C11H15NO3S2. The highest BCUT2D eigenvalue weighted by Gasteiger charge is 2.28. The highest BCUT2D eigenvalue weighted by atomic mass is 32.2. The maximum absolute atomic E-state index is 11.7. The van der Waals surface area contributed by atoms with Gasteiger partial charge in [-0.2, -0.15) is 11.3 Å². The fourth-order valence-corrected chi connectivity index (χ4v) is 4.39. The van der Waals surface area contributed by atoms with E-state index in [1.807, 2.05) is 5.38 Å². The average molecular weight is 273 g/mol. The fraction of sp³-hybridized carbons (Fsp3) is 0.545. The van der Waals surface area contributed by atoms with E-state index in [1.165, 1.54) is 11.3 Å². The molecule has 1 aliphatic rings. The molecule has 0 aromatic carbocycles. The van der Waals surface area contributed by atoms with E-state index in [9.17, 15) is 13.2 Å². The molecule has 1 aliphatic heterocycles. The van der Waals surface area contributed by atoms with Crippen molar-refractivity contribution in [3.05, 3.63) is 22.4 Å². The Labute approximate surface area is 105 Å². The molecule has 0 saturated carbocycles. The standard InChI is InChI=1S/C11H15NO3S2/c13-11(9-4-5-16-8-9)12-7-10-3-1-2-6-17(10,14)15/h4-5,8,10H,1-3,6-7H2,(H,12,13). The van der Waals surface area contributed by atoms with Crippen LogP contribution in [0.4, 0.5) is 0 Å². The zero-order valence-corrected chi connectivity index (χ0v) is 11.0. The molecule has 1 aromatic heterocycles. The molecule has 17 heavy (non-hydrogen) atoms. The van der Waals surface area contributed by atoms with E-state index >= 15 is 0 Å². The van der Waals surface area contributed by atoms with Gasteiger partial charge in [-0.3, -0.25) is 4.79 Å². The SMILES string of the molecule is O=C(NCC1CCCCS1(=O)=O)c1ccsc1. The first-order chi connectivity index (χ1) is 8.09. The van der Waals surface area contributed by atoms with Crippen LogP contribution < -0.4 is 5.32 Å². The van der Waals surface area contributed by atoms with Crippen LogP contribution in [0.2, 0.25) is 0 Å². The van der Waals surface area contributed by atoms with E-state index in [0.717, 1.165) is 12.8 Å². The largest absolute Gasteiger partial charge is 0.351 e. The van der Waals surface area contributed by atoms with Crippen LogP contribution in [0.15, 0.2) is 16.8 Å². The van der Waals surface area contributed by atoms with Crippen molar-refractivity contribution in [3.8, 4) is 0 Å². The van der Waals surface area contributed by atoms with Crippen molar-refractivity contribution in [2.24, 2.45) is 0 Å². The Morgan fingerprint density at radius 2 is 2.29 bits per heavy atom. The van der Waals surface area contributed by atoms with Gasteiger partial charge < -0.3 is 5.32 Å². The first-order valence-electron chi connectivity index (χ1n) is 5.61. The molecule has 1 aromatic rings. The van der Waals surface area contributed by atoms with E-state index in [4.69, 9.17) is 0 Å². The first kappa shape index (κ1) is 12.6. The smallest absolute Gasteiger partial charge is 0.252 e. The molecule has 0 spiro atoms. The molecule has 2 heterocycles. The molecule has 1 saturated heterocycles. The van der Waals surface area contributed by atoms with E-state index in [0.29, 0.717) is 12.0 Å². The lowest BCUT2D eigenvalue weighted by Gasteiger charge is -2.22. The second-order valence-electron chi connectivity index (χ2n) is 4.21. The molecule has 0 aliphatic carbocycles.